The van der Waals surface area contributed by atoms with Gasteiger partial charge in [-0.2, -0.15) is 0 Å². The summed E-state index contributed by atoms with van der Waals surface area (Å²) in [4.78, 5) is 19.0. The molecule has 6 nitrogen and oxygen atoms in total. The molecule has 1 unspecified atom stereocenters. The normalized spacial score (nSPS) is 16.6. The van der Waals surface area contributed by atoms with Crippen LogP contribution in [0.1, 0.15) is 29.4 Å². The first-order valence-corrected chi connectivity index (χ1v) is 7.24. The van der Waals surface area contributed by atoms with Crippen molar-refractivity contribution in [1.29, 1.82) is 0 Å². The molecular formula is C12H20N4O2S. The Morgan fingerprint density at radius 1 is 1.58 bits per heavy atom. The summed E-state index contributed by atoms with van der Waals surface area (Å²) in [5.74, 6) is 0.138. The lowest BCUT2D eigenvalue weighted by Crippen LogP contribution is -2.35. The van der Waals surface area contributed by atoms with Gasteiger partial charge in [-0.3, -0.25) is 4.79 Å². The quantitative estimate of drug-likeness (QED) is 0.846. The Morgan fingerprint density at radius 2 is 2.26 bits per heavy atom. The highest BCUT2D eigenvalue weighted by Crippen LogP contribution is 2.30. The van der Waals surface area contributed by atoms with Crippen molar-refractivity contribution in [2.45, 2.75) is 25.8 Å². The fourth-order valence-corrected chi connectivity index (χ4v) is 3.05. The van der Waals surface area contributed by atoms with Crippen LogP contribution in [0, 0.1) is 0 Å². The lowest BCUT2D eigenvalue weighted by atomic mass is 10.3. The Balaban J connectivity index is 2.05. The second-order valence-electron chi connectivity index (χ2n) is 4.73. The number of thiazole rings is 1. The molecule has 0 saturated carbocycles. The van der Waals surface area contributed by atoms with Crippen molar-refractivity contribution in [2.75, 3.05) is 37.4 Å². The van der Waals surface area contributed by atoms with Crippen LogP contribution in [0.2, 0.25) is 0 Å². The van der Waals surface area contributed by atoms with Crippen LogP contribution in [0.15, 0.2) is 0 Å². The zero-order chi connectivity index (χ0) is 13.8. The van der Waals surface area contributed by atoms with Crippen molar-refractivity contribution < 1.29 is 9.53 Å². The number of carbonyl (C=O) groups excluding carboxylic acids is 1. The van der Waals surface area contributed by atoms with E-state index in [1.54, 1.807) is 7.11 Å². The number of nitrogens with two attached hydrogens (primary N) is 1. The zero-order valence-electron chi connectivity index (χ0n) is 11.3. The lowest BCUT2D eigenvalue weighted by Gasteiger charge is -2.12. The SMILES string of the molecule is COCC(C)NC(=O)c1sc(N2CCCC2)nc1N. The lowest BCUT2D eigenvalue weighted by molar-refractivity contribution is 0.0910. The van der Waals surface area contributed by atoms with E-state index < -0.39 is 0 Å². The smallest absolute Gasteiger partial charge is 0.265 e. The van der Waals surface area contributed by atoms with Crippen LogP contribution in [0.5, 0.6) is 0 Å². The molecule has 1 atom stereocenters. The maximum atomic E-state index is 12.1. The Kier molecular flexibility index (Phi) is 4.60. The molecule has 1 aliphatic rings. The first-order valence-electron chi connectivity index (χ1n) is 6.43. The summed E-state index contributed by atoms with van der Waals surface area (Å²) in [5.41, 5.74) is 5.84. The molecule has 0 aliphatic carbocycles. The van der Waals surface area contributed by atoms with Crippen molar-refractivity contribution >= 4 is 28.2 Å². The fraction of sp³-hybridized carbons (Fsp3) is 0.667. The number of carbonyl (C=O) groups is 1. The number of aromatic nitrogens is 1. The highest BCUT2D eigenvalue weighted by atomic mass is 32.1. The third-order valence-electron chi connectivity index (χ3n) is 3.02. The van der Waals surface area contributed by atoms with E-state index in [1.807, 2.05) is 6.92 Å². The minimum Gasteiger partial charge on any atom is -0.383 e. The van der Waals surface area contributed by atoms with Crippen molar-refractivity contribution in [2.24, 2.45) is 0 Å². The topological polar surface area (TPSA) is 80.5 Å². The van der Waals surface area contributed by atoms with Gasteiger partial charge < -0.3 is 20.7 Å². The van der Waals surface area contributed by atoms with E-state index in [-0.39, 0.29) is 11.9 Å². The van der Waals surface area contributed by atoms with Crippen LogP contribution in [-0.2, 0) is 4.74 Å². The van der Waals surface area contributed by atoms with Crippen molar-refractivity contribution in [1.82, 2.24) is 10.3 Å². The Morgan fingerprint density at radius 3 is 2.89 bits per heavy atom. The number of amides is 1. The number of nitrogens with one attached hydrogen (secondary N) is 1. The van der Waals surface area contributed by atoms with Crippen LogP contribution in [0.25, 0.3) is 0 Å². The van der Waals surface area contributed by atoms with Crippen molar-refractivity contribution in [3.05, 3.63) is 4.88 Å². The van der Waals surface area contributed by atoms with E-state index >= 15 is 0 Å². The Labute approximate surface area is 116 Å². The summed E-state index contributed by atoms with van der Waals surface area (Å²) in [6.45, 7) is 4.35. The molecule has 106 valence electrons. The first-order chi connectivity index (χ1) is 9.11. The van der Waals surface area contributed by atoms with E-state index in [0.717, 1.165) is 18.2 Å². The molecule has 19 heavy (non-hydrogen) atoms. The maximum Gasteiger partial charge on any atom is 0.265 e. The van der Waals surface area contributed by atoms with Gasteiger partial charge in [0.15, 0.2) is 5.13 Å². The fourth-order valence-electron chi connectivity index (χ4n) is 2.11. The molecule has 1 saturated heterocycles. The van der Waals surface area contributed by atoms with Gasteiger partial charge in [0, 0.05) is 26.2 Å². The van der Waals surface area contributed by atoms with Gasteiger partial charge in [0.2, 0.25) is 0 Å². The predicted molar refractivity (Wildman–Crippen MR) is 76.8 cm³/mol. The summed E-state index contributed by atoms with van der Waals surface area (Å²) in [6.07, 6.45) is 2.35. The Bertz CT molecular complexity index is 443. The highest BCUT2D eigenvalue weighted by Gasteiger charge is 2.22. The van der Waals surface area contributed by atoms with Crippen LogP contribution >= 0.6 is 11.3 Å². The van der Waals surface area contributed by atoms with Gasteiger partial charge in [0.25, 0.3) is 5.91 Å². The van der Waals surface area contributed by atoms with Gasteiger partial charge in [-0.05, 0) is 19.8 Å². The third-order valence-corrected chi connectivity index (χ3v) is 4.15. The monoisotopic (exact) mass is 284 g/mol. The minimum absolute atomic E-state index is 0.0470. The van der Waals surface area contributed by atoms with Crippen LogP contribution in [0.3, 0.4) is 0 Å². The molecule has 0 spiro atoms. The second-order valence-corrected chi connectivity index (χ2v) is 5.71. The predicted octanol–water partition coefficient (Wildman–Crippen LogP) is 1.09. The summed E-state index contributed by atoms with van der Waals surface area (Å²) in [5, 5.41) is 3.70. The highest BCUT2D eigenvalue weighted by molar-refractivity contribution is 7.18. The van der Waals surface area contributed by atoms with Gasteiger partial charge in [0.1, 0.15) is 10.7 Å². The number of anilines is 2. The summed E-state index contributed by atoms with van der Waals surface area (Å²) >= 11 is 1.36. The first kappa shape index (κ1) is 14.1. The Hall–Kier alpha value is -1.34. The zero-order valence-corrected chi connectivity index (χ0v) is 12.1. The average Bonchev–Trinajstić information content (AvgIpc) is 2.97. The number of hydrogen-bond acceptors (Lipinski definition) is 6. The van der Waals surface area contributed by atoms with Gasteiger partial charge in [-0.1, -0.05) is 11.3 Å². The summed E-state index contributed by atoms with van der Waals surface area (Å²) in [6, 6.07) is -0.0470. The number of rotatable bonds is 5. The third kappa shape index (κ3) is 3.36. The number of hydrogen-bond donors (Lipinski definition) is 2. The van der Waals surface area contributed by atoms with Gasteiger partial charge in [-0.15, -0.1) is 0 Å². The van der Waals surface area contributed by atoms with E-state index in [2.05, 4.69) is 15.2 Å². The van der Waals surface area contributed by atoms with Crippen LogP contribution in [0.4, 0.5) is 10.9 Å². The molecule has 0 radical (unpaired) electrons. The van der Waals surface area contributed by atoms with E-state index in [9.17, 15) is 4.79 Å². The largest absolute Gasteiger partial charge is 0.383 e. The number of nitrogen functional groups attached to an aromatic ring is 1. The van der Waals surface area contributed by atoms with E-state index in [1.165, 1.54) is 24.2 Å². The maximum absolute atomic E-state index is 12.1. The molecule has 1 aromatic rings. The summed E-state index contributed by atoms with van der Waals surface area (Å²) < 4.78 is 4.99. The molecule has 2 heterocycles. The van der Waals surface area contributed by atoms with Gasteiger partial charge >= 0.3 is 0 Å². The molecule has 3 N–H and O–H groups in total. The number of methoxy groups -OCH3 is 1. The molecule has 1 fully saturated rings. The van der Waals surface area contributed by atoms with Crippen molar-refractivity contribution in [3.63, 3.8) is 0 Å². The average molecular weight is 284 g/mol. The number of ether oxygens (including phenoxy) is 1. The molecular weight excluding hydrogens is 264 g/mol. The molecule has 2 rings (SSSR count). The van der Waals surface area contributed by atoms with E-state index in [0.29, 0.717) is 17.3 Å². The van der Waals surface area contributed by atoms with Crippen LogP contribution < -0.4 is 16.0 Å². The van der Waals surface area contributed by atoms with Gasteiger partial charge in [0.05, 0.1) is 6.61 Å². The van der Waals surface area contributed by atoms with E-state index in [4.69, 9.17) is 10.5 Å². The molecule has 0 bridgehead atoms. The second kappa shape index (κ2) is 6.21. The minimum atomic E-state index is -0.176. The molecule has 1 aliphatic heterocycles. The van der Waals surface area contributed by atoms with Crippen LogP contribution in [-0.4, -0.2) is 43.7 Å². The standard InChI is InChI=1S/C12H20N4O2S/c1-8(7-18-2)14-11(17)9-10(13)15-12(19-9)16-5-3-4-6-16/h8H,3-7,13H2,1-2H3,(H,14,17). The molecule has 7 heteroatoms. The van der Waals surface area contributed by atoms with Crippen molar-refractivity contribution in [3.8, 4) is 0 Å². The molecule has 1 amide bonds. The summed E-state index contributed by atoms with van der Waals surface area (Å²) in [7, 11) is 1.61. The molecule has 0 aromatic carbocycles. The molecule has 1 aromatic heterocycles. The van der Waals surface area contributed by atoms with Gasteiger partial charge in [-0.25, -0.2) is 4.98 Å². The number of nitrogens with zero attached hydrogens (tertiary/aromatic N) is 2.